The summed E-state index contributed by atoms with van der Waals surface area (Å²) in [7, 11) is 0. The molecule has 0 saturated heterocycles. The summed E-state index contributed by atoms with van der Waals surface area (Å²) >= 11 is 1.74. The Bertz CT molecular complexity index is 424. The van der Waals surface area contributed by atoms with Crippen LogP contribution >= 0.6 is 11.3 Å². The van der Waals surface area contributed by atoms with Crippen molar-refractivity contribution in [2.75, 3.05) is 0 Å². The van der Waals surface area contributed by atoms with E-state index in [-0.39, 0.29) is 5.91 Å². The molecule has 0 spiro atoms. The zero-order chi connectivity index (χ0) is 11.2. The molecule has 16 heavy (non-hydrogen) atoms. The molecular formula is C12H16N2OS. The first-order valence-electron chi connectivity index (χ1n) is 5.87. The molecule has 0 aromatic carbocycles. The number of aryl methyl sites for hydroxylation is 1. The molecule has 0 bridgehead atoms. The van der Waals surface area contributed by atoms with Gasteiger partial charge in [-0.2, -0.15) is 0 Å². The van der Waals surface area contributed by atoms with Crippen molar-refractivity contribution in [2.45, 2.75) is 43.7 Å². The van der Waals surface area contributed by atoms with Crippen molar-refractivity contribution >= 4 is 17.2 Å². The number of carbonyl (C=O) groups is 1. The van der Waals surface area contributed by atoms with Gasteiger partial charge < -0.3 is 5.73 Å². The molecule has 2 aliphatic carbocycles. The largest absolute Gasteiger partial charge is 0.368 e. The highest BCUT2D eigenvalue weighted by Gasteiger charge is 2.45. The van der Waals surface area contributed by atoms with Gasteiger partial charge in [-0.15, -0.1) is 11.3 Å². The third-order valence-electron chi connectivity index (χ3n) is 3.61. The van der Waals surface area contributed by atoms with E-state index in [2.05, 4.69) is 16.8 Å². The summed E-state index contributed by atoms with van der Waals surface area (Å²) in [5.41, 5.74) is 6.22. The number of hydrogen-bond acceptors (Lipinski definition) is 3. The smallest absolute Gasteiger partial charge is 0.242 e. The Kier molecular flexibility index (Phi) is 2.30. The van der Waals surface area contributed by atoms with Gasteiger partial charge in [-0.1, -0.05) is 0 Å². The van der Waals surface area contributed by atoms with Gasteiger partial charge in [-0.25, -0.2) is 0 Å². The SMILES string of the molecule is NC(=O)C1(NC2CC2)CCCc2sccc21. The van der Waals surface area contributed by atoms with Crippen molar-refractivity contribution < 1.29 is 4.79 Å². The molecule has 3 N–H and O–H groups in total. The second kappa shape index (κ2) is 3.57. The van der Waals surface area contributed by atoms with Crippen LogP contribution in [0.5, 0.6) is 0 Å². The molecule has 1 amide bonds. The minimum atomic E-state index is -0.575. The van der Waals surface area contributed by atoms with Gasteiger partial charge in [-0.3, -0.25) is 10.1 Å². The number of hydrogen-bond donors (Lipinski definition) is 2. The molecule has 1 fully saturated rings. The molecule has 3 nitrogen and oxygen atoms in total. The van der Waals surface area contributed by atoms with Crippen LogP contribution in [0.3, 0.4) is 0 Å². The molecule has 1 aromatic heterocycles. The number of nitrogens with one attached hydrogen (secondary N) is 1. The highest BCUT2D eigenvalue weighted by atomic mass is 32.1. The fourth-order valence-electron chi connectivity index (χ4n) is 2.62. The average Bonchev–Trinajstić information content (AvgIpc) is 2.93. The summed E-state index contributed by atoms with van der Waals surface area (Å²) in [4.78, 5) is 13.2. The highest BCUT2D eigenvalue weighted by Crippen LogP contribution is 2.40. The third kappa shape index (κ3) is 1.48. The first kappa shape index (κ1) is 10.3. The van der Waals surface area contributed by atoms with E-state index in [1.807, 2.05) is 0 Å². The van der Waals surface area contributed by atoms with Crippen LogP contribution in [0.15, 0.2) is 11.4 Å². The van der Waals surface area contributed by atoms with E-state index >= 15 is 0 Å². The summed E-state index contributed by atoms with van der Waals surface area (Å²) in [6.07, 6.45) is 5.34. The van der Waals surface area contributed by atoms with Gasteiger partial charge in [0, 0.05) is 10.9 Å². The zero-order valence-corrected chi connectivity index (χ0v) is 9.98. The van der Waals surface area contributed by atoms with Crippen molar-refractivity contribution in [3.63, 3.8) is 0 Å². The van der Waals surface area contributed by atoms with E-state index in [4.69, 9.17) is 5.73 Å². The lowest BCUT2D eigenvalue weighted by atomic mass is 9.79. The fourth-order valence-corrected chi connectivity index (χ4v) is 3.62. The Morgan fingerprint density at radius 2 is 2.38 bits per heavy atom. The molecule has 1 atom stereocenters. The lowest BCUT2D eigenvalue weighted by Crippen LogP contribution is -2.54. The standard InChI is InChI=1S/C12H16N2OS/c13-11(15)12(14-8-3-4-8)6-1-2-10-9(12)5-7-16-10/h5,7-8,14H,1-4,6H2,(H2,13,15). The molecular weight excluding hydrogens is 220 g/mol. The molecule has 0 aliphatic heterocycles. The van der Waals surface area contributed by atoms with E-state index in [0.29, 0.717) is 6.04 Å². The maximum Gasteiger partial charge on any atom is 0.242 e. The normalized spacial score (nSPS) is 28.8. The molecule has 0 radical (unpaired) electrons. The number of carbonyl (C=O) groups excluding carboxylic acids is 1. The molecule has 1 aromatic rings. The van der Waals surface area contributed by atoms with Crippen LogP contribution < -0.4 is 11.1 Å². The van der Waals surface area contributed by atoms with Crippen LogP contribution in [-0.2, 0) is 16.8 Å². The third-order valence-corrected chi connectivity index (χ3v) is 4.59. The maximum atomic E-state index is 11.9. The van der Waals surface area contributed by atoms with Crippen molar-refractivity contribution in [3.05, 3.63) is 21.9 Å². The average molecular weight is 236 g/mol. The van der Waals surface area contributed by atoms with Crippen LogP contribution in [0.2, 0.25) is 0 Å². The van der Waals surface area contributed by atoms with Crippen LogP contribution in [-0.4, -0.2) is 11.9 Å². The minimum Gasteiger partial charge on any atom is -0.368 e. The highest BCUT2D eigenvalue weighted by molar-refractivity contribution is 7.10. The van der Waals surface area contributed by atoms with Gasteiger partial charge in [-0.05, 0) is 49.1 Å². The van der Waals surface area contributed by atoms with Gasteiger partial charge in [0.05, 0.1) is 0 Å². The number of primary amides is 1. The molecule has 4 heteroatoms. The van der Waals surface area contributed by atoms with E-state index in [0.717, 1.165) is 24.8 Å². The molecule has 3 rings (SSSR count). The second-order valence-electron chi connectivity index (χ2n) is 4.80. The van der Waals surface area contributed by atoms with Crippen molar-refractivity contribution in [3.8, 4) is 0 Å². The van der Waals surface area contributed by atoms with Crippen molar-refractivity contribution in [2.24, 2.45) is 5.73 Å². The number of amides is 1. The fraction of sp³-hybridized carbons (Fsp3) is 0.583. The molecule has 1 unspecified atom stereocenters. The number of rotatable bonds is 3. The first-order chi connectivity index (χ1) is 7.72. The minimum absolute atomic E-state index is 0.209. The molecule has 1 saturated carbocycles. The monoisotopic (exact) mass is 236 g/mol. The summed E-state index contributed by atoms with van der Waals surface area (Å²) in [5, 5.41) is 5.55. The quantitative estimate of drug-likeness (QED) is 0.836. The Hall–Kier alpha value is -0.870. The number of nitrogens with two attached hydrogens (primary N) is 1. The van der Waals surface area contributed by atoms with Crippen molar-refractivity contribution in [1.29, 1.82) is 0 Å². The second-order valence-corrected chi connectivity index (χ2v) is 5.80. The maximum absolute atomic E-state index is 11.9. The van der Waals surface area contributed by atoms with Gasteiger partial charge in [0.25, 0.3) is 0 Å². The zero-order valence-electron chi connectivity index (χ0n) is 9.16. The molecule has 2 aliphatic rings. The molecule has 86 valence electrons. The van der Waals surface area contributed by atoms with Gasteiger partial charge >= 0.3 is 0 Å². The van der Waals surface area contributed by atoms with E-state index < -0.39 is 5.54 Å². The van der Waals surface area contributed by atoms with Crippen LogP contribution in [0, 0.1) is 0 Å². The van der Waals surface area contributed by atoms with E-state index in [1.165, 1.54) is 17.7 Å². The lowest BCUT2D eigenvalue weighted by Gasteiger charge is -2.35. The topological polar surface area (TPSA) is 55.1 Å². The predicted octanol–water partition coefficient (Wildman–Crippen LogP) is 1.52. The Morgan fingerprint density at radius 1 is 1.56 bits per heavy atom. The Balaban J connectivity index is 2.03. The van der Waals surface area contributed by atoms with Crippen LogP contribution in [0.25, 0.3) is 0 Å². The summed E-state index contributed by atoms with van der Waals surface area (Å²) in [5.74, 6) is -0.209. The van der Waals surface area contributed by atoms with Gasteiger partial charge in [0.15, 0.2) is 0 Å². The van der Waals surface area contributed by atoms with Crippen LogP contribution in [0.1, 0.15) is 36.1 Å². The molecule has 1 heterocycles. The van der Waals surface area contributed by atoms with Crippen LogP contribution in [0.4, 0.5) is 0 Å². The van der Waals surface area contributed by atoms with Gasteiger partial charge in [0.1, 0.15) is 5.54 Å². The van der Waals surface area contributed by atoms with E-state index in [1.54, 1.807) is 11.3 Å². The first-order valence-corrected chi connectivity index (χ1v) is 6.75. The van der Waals surface area contributed by atoms with E-state index in [9.17, 15) is 4.79 Å². The van der Waals surface area contributed by atoms with Gasteiger partial charge in [0.2, 0.25) is 5.91 Å². The summed E-state index contributed by atoms with van der Waals surface area (Å²) < 4.78 is 0. The predicted molar refractivity (Wildman–Crippen MR) is 64.3 cm³/mol. The summed E-state index contributed by atoms with van der Waals surface area (Å²) in [6, 6.07) is 2.57. The number of thiophene rings is 1. The van der Waals surface area contributed by atoms with Crippen molar-refractivity contribution in [1.82, 2.24) is 5.32 Å². The Morgan fingerprint density at radius 3 is 3.06 bits per heavy atom. The summed E-state index contributed by atoms with van der Waals surface area (Å²) in [6.45, 7) is 0. The lowest BCUT2D eigenvalue weighted by molar-refractivity contribution is -0.125. The number of fused-ring (bicyclic) bond motifs is 1. The Labute approximate surface area is 99.0 Å².